The maximum atomic E-state index is 13.1. The van der Waals surface area contributed by atoms with Crippen LogP contribution in [0.3, 0.4) is 0 Å². The predicted octanol–water partition coefficient (Wildman–Crippen LogP) is 2.08. The van der Waals surface area contributed by atoms with E-state index in [2.05, 4.69) is 9.97 Å². The number of nitrogens with one attached hydrogen (secondary N) is 1. The van der Waals surface area contributed by atoms with Gasteiger partial charge in [-0.25, -0.2) is 9.37 Å². The molecular formula is C8H4ClFN2O. The highest BCUT2D eigenvalue weighted by Gasteiger charge is 2.09. The number of hydrogen-bond acceptors (Lipinski definition) is 2. The summed E-state index contributed by atoms with van der Waals surface area (Å²) < 4.78 is 13.1. The molecule has 0 aliphatic heterocycles. The Labute approximate surface area is 77.5 Å². The Bertz CT molecular complexity index is 480. The molecule has 0 amide bonds. The zero-order valence-corrected chi connectivity index (χ0v) is 7.10. The third-order valence-electron chi connectivity index (χ3n) is 1.70. The van der Waals surface area contributed by atoms with E-state index in [1.54, 1.807) is 0 Å². The van der Waals surface area contributed by atoms with Gasteiger partial charge in [-0.3, -0.25) is 4.79 Å². The Morgan fingerprint density at radius 3 is 3.00 bits per heavy atom. The molecule has 0 bridgehead atoms. The van der Waals surface area contributed by atoms with E-state index in [-0.39, 0.29) is 11.1 Å². The maximum Gasteiger partial charge on any atom is 0.252 e. The summed E-state index contributed by atoms with van der Waals surface area (Å²) in [7, 11) is 0. The summed E-state index contributed by atoms with van der Waals surface area (Å²) in [6.07, 6.45) is 1.36. The SMILES string of the molecule is O=C(Cl)c1cc(F)c2nc[nH]c2c1. The highest BCUT2D eigenvalue weighted by molar-refractivity contribution is 6.67. The fraction of sp³-hybridized carbons (Fsp3) is 0. The van der Waals surface area contributed by atoms with Gasteiger partial charge in [0, 0.05) is 5.56 Å². The average Bonchev–Trinajstić information content (AvgIpc) is 2.51. The summed E-state index contributed by atoms with van der Waals surface area (Å²) in [5.74, 6) is -0.553. The molecule has 0 spiro atoms. The molecule has 0 atom stereocenters. The fourth-order valence-corrected chi connectivity index (χ4v) is 1.23. The first kappa shape index (κ1) is 8.19. The van der Waals surface area contributed by atoms with Gasteiger partial charge in [0.2, 0.25) is 0 Å². The number of aromatic nitrogens is 2. The third kappa shape index (κ3) is 1.29. The van der Waals surface area contributed by atoms with Crippen molar-refractivity contribution in [3.8, 4) is 0 Å². The molecule has 0 aliphatic rings. The van der Waals surface area contributed by atoms with Crippen LogP contribution in [-0.2, 0) is 0 Å². The van der Waals surface area contributed by atoms with Crippen molar-refractivity contribution in [3.05, 3.63) is 29.8 Å². The van der Waals surface area contributed by atoms with Crippen molar-refractivity contribution in [2.24, 2.45) is 0 Å². The highest BCUT2D eigenvalue weighted by Crippen LogP contribution is 2.17. The van der Waals surface area contributed by atoms with Gasteiger partial charge in [-0.15, -0.1) is 0 Å². The molecule has 0 fully saturated rings. The first-order valence-electron chi connectivity index (χ1n) is 3.51. The highest BCUT2D eigenvalue weighted by atomic mass is 35.5. The van der Waals surface area contributed by atoms with Crippen LogP contribution in [0.2, 0.25) is 0 Å². The van der Waals surface area contributed by atoms with Crippen LogP contribution in [0.1, 0.15) is 10.4 Å². The van der Waals surface area contributed by atoms with E-state index in [0.29, 0.717) is 5.52 Å². The number of carbonyl (C=O) groups excluding carboxylic acids is 1. The molecule has 1 N–H and O–H groups in total. The number of imidazole rings is 1. The van der Waals surface area contributed by atoms with Crippen molar-refractivity contribution < 1.29 is 9.18 Å². The zero-order valence-electron chi connectivity index (χ0n) is 6.34. The molecule has 1 aromatic heterocycles. The quantitative estimate of drug-likeness (QED) is 0.713. The summed E-state index contributed by atoms with van der Waals surface area (Å²) in [5.41, 5.74) is 0.793. The number of rotatable bonds is 1. The molecule has 0 unspecified atom stereocenters. The molecule has 0 saturated carbocycles. The van der Waals surface area contributed by atoms with E-state index < -0.39 is 11.1 Å². The lowest BCUT2D eigenvalue weighted by Crippen LogP contribution is -1.90. The first-order valence-corrected chi connectivity index (χ1v) is 3.89. The van der Waals surface area contributed by atoms with E-state index in [1.165, 1.54) is 12.4 Å². The second-order valence-electron chi connectivity index (χ2n) is 2.53. The minimum Gasteiger partial charge on any atom is -0.344 e. The smallest absolute Gasteiger partial charge is 0.252 e. The van der Waals surface area contributed by atoms with Crippen molar-refractivity contribution in [1.29, 1.82) is 0 Å². The van der Waals surface area contributed by atoms with Gasteiger partial charge in [0.25, 0.3) is 5.24 Å². The van der Waals surface area contributed by atoms with Gasteiger partial charge < -0.3 is 4.98 Å². The molecule has 0 saturated heterocycles. The molecule has 5 heteroatoms. The normalized spacial score (nSPS) is 10.6. The predicted molar refractivity (Wildman–Crippen MR) is 46.2 cm³/mol. The van der Waals surface area contributed by atoms with E-state index in [0.717, 1.165) is 6.07 Å². The largest absolute Gasteiger partial charge is 0.344 e. The number of H-pyrrole nitrogens is 1. The van der Waals surface area contributed by atoms with Crippen molar-refractivity contribution in [1.82, 2.24) is 9.97 Å². The van der Waals surface area contributed by atoms with Crippen LogP contribution in [0.25, 0.3) is 11.0 Å². The molecule has 0 radical (unpaired) electrons. The number of hydrogen-bond donors (Lipinski definition) is 1. The van der Waals surface area contributed by atoms with E-state index in [1.807, 2.05) is 0 Å². The van der Waals surface area contributed by atoms with Crippen molar-refractivity contribution in [2.45, 2.75) is 0 Å². The van der Waals surface area contributed by atoms with Gasteiger partial charge in [0.1, 0.15) is 5.52 Å². The summed E-state index contributed by atoms with van der Waals surface area (Å²) in [4.78, 5) is 17.2. The van der Waals surface area contributed by atoms with Crippen LogP contribution >= 0.6 is 11.6 Å². The van der Waals surface area contributed by atoms with Crippen molar-refractivity contribution in [2.75, 3.05) is 0 Å². The maximum absolute atomic E-state index is 13.1. The molecule has 0 aliphatic carbocycles. The molecule has 13 heavy (non-hydrogen) atoms. The zero-order chi connectivity index (χ0) is 9.42. The van der Waals surface area contributed by atoms with Gasteiger partial charge in [-0.2, -0.15) is 0 Å². The van der Waals surface area contributed by atoms with Crippen molar-refractivity contribution in [3.63, 3.8) is 0 Å². The van der Waals surface area contributed by atoms with Crippen LogP contribution in [0.15, 0.2) is 18.5 Å². The Hall–Kier alpha value is -1.42. The second kappa shape index (κ2) is 2.81. The molecule has 3 nitrogen and oxygen atoms in total. The lowest BCUT2D eigenvalue weighted by atomic mass is 10.2. The topological polar surface area (TPSA) is 45.8 Å². The lowest BCUT2D eigenvalue weighted by molar-refractivity contribution is 0.108. The summed E-state index contributed by atoms with van der Waals surface area (Å²) in [6, 6.07) is 2.53. The first-order chi connectivity index (χ1) is 6.18. The number of nitrogens with zero attached hydrogens (tertiary/aromatic N) is 1. The van der Waals surface area contributed by atoms with Gasteiger partial charge in [0.15, 0.2) is 5.82 Å². The van der Waals surface area contributed by atoms with Crippen LogP contribution in [0.4, 0.5) is 4.39 Å². The van der Waals surface area contributed by atoms with Crippen LogP contribution < -0.4 is 0 Å². The Morgan fingerprint density at radius 1 is 1.54 bits per heavy atom. The van der Waals surface area contributed by atoms with Crippen molar-refractivity contribution >= 4 is 27.9 Å². The van der Waals surface area contributed by atoms with Gasteiger partial charge >= 0.3 is 0 Å². The minimum atomic E-state index is -0.685. The van der Waals surface area contributed by atoms with Crippen LogP contribution in [0.5, 0.6) is 0 Å². The monoisotopic (exact) mass is 198 g/mol. The third-order valence-corrected chi connectivity index (χ3v) is 1.92. The van der Waals surface area contributed by atoms with Gasteiger partial charge in [-0.1, -0.05) is 0 Å². The number of aromatic amines is 1. The summed E-state index contributed by atoms with van der Waals surface area (Å²) in [6.45, 7) is 0. The standard InChI is InChI=1S/C8H4ClFN2O/c9-8(13)4-1-5(10)7-6(2-4)11-3-12-7/h1-3H,(H,11,12). The van der Waals surface area contributed by atoms with E-state index in [4.69, 9.17) is 11.6 Å². The van der Waals surface area contributed by atoms with Crippen LogP contribution in [0, 0.1) is 5.82 Å². The lowest BCUT2D eigenvalue weighted by Gasteiger charge is -1.95. The average molecular weight is 199 g/mol. The number of carbonyl (C=O) groups is 1. The van der Waals surface area contributed by atoms with Crippen LogP contribution in [-0.4, -0.2) is 15.2 Å². The second-order valence-corrected chi connectivity index (χ2v) is 2.87. The van der Waals surface area contributed by atoms with Gasteiger partial charge in [0.05, 0.1) is 11.8 Å². The molecule has 1 heterocycles. The Morgan fingerprint density at radius 2 is 2.31 bits per heavy atom. The molecule has 1 aromatic carbocycles. The van der Waals surface area contributed by atoms with E-state index in [9.17, 15) is 9.18 Å². The molecular weight excluding hydrogens is 195 g/mol. The number of fused-ring (bicyclic) bond motifs is 1. The molecule has 66 valence electrons. The number of halogens is 2. The van der Waals surface area contributed by atoms with Gasteiger partial charge in [-0.05, 0) is 23.7 Å². The van der Waals surface area contributed by atoms with E-state index >= 15 is 0 Å². The Balaban J connectivity index is 2.77. The Kier molecular flexibility index (Phi) is 1.77. The fourth-order valence-electron chi connectivity index (χ4n) is 1.12. The minimum absolute atomic E-state index is 0.121. The summed E-state index contributed by atoms with van der Waals surface area (Å²) in [5, 5.41) is -0.685. The molecule has 2 rings (SSSR count). The number of benzene rings is 1. The molecule has 2 aromatic rings. The summed E-state index contributed by atoms with van der Waals surface area (Å²) >= 11 is 5.20.